The molecular weight excluding hydrogens is 236 g/mol. The van der Waals surface area contributed by atoms with Crippen molar-refractivity contribution in [3.05, 3.63) is 47.2 Å². The molecule has 0 saturated carbocycles. The lowest BCUT2D eigenvalue weighted by atomic mass is 10.0. The van der Waals surface area contributed by atoms with Crippen LogP contribution in [0.4, 0.5) is 8.78 Å². The number of nitrogens with one attached hydrogen (secondary N) is 1. The zero-order valence-electron chi connectivity index (χ0n) is 10.4. The Morgan fingerprint density at radius 2 is 2.17 bits per heavy atom. The van der Waals surface area contributed by atoms with Gasteiger partial charge in [0.15, 0.2) is 11.6 Å². The van der Waals surface area contributed by atoms with Crippen LogP contribution in [0.15, 0.2) is 30.0 Å². The summed E-state index contributed by atoms with van der Waals surface area (Å²) in [7, 11) is 0. The van der Waals surface area contributed by atoms with Crippen molar-refractivity contribution in [2.75, 3.05) is 13.2 Å². The number of benzene rings is 1. The van der Waals surface area contributed by atoms with Gasteiger partial charge < -0.3 is 10.1 Å². The van der Waals surface area contributed by atoms with Gasteiger partial charge in [0, 0.05) is 6.42 Å². The van der Waals surface area contributed by atoms with Crippen LogP contribution in [0.5, 0.6) is 0 Å². The first kappa shape index (κ1) is 13.0. The normalized spacial score (nSPS) is 16.3. The van der Waals surface area contributed by atoms with Gasteiger partial charge in [-0.3, -0.25) is 0 Å². The third-order valence-corrected chi connectivity index (χ3v) is 2.95. The molecule has 1 N–H and O–H groups in total. The fourth-order valence-electron chi connectivity index (χ4n) is 2.10. The summed E-state index contributed by atoms with van der Waals surface area (Å²) in [5, 5.41) is 3.30. The van der Waals surface area contributed by atoms with Gasteiger partial charge in [0.05, 0.1) is 12.6 Å². The second-order valence-electron chi connectivity index (χ2n) is 4.31. The van der Waals surface area contributed by atoms with Crippen molar-refractivity contribution in [2.45, 2.75) is 25.8 Å². The van der Waals surface area contributed by atoms with Gasteiger partial charge in [0.25, 0.3) is 0 Å². The molecule has 1 aromatic rings. The molecule has 0 aliphatic carbocycles. The molecule has 4 heteroatoms. The van der Waals surface area contributed by atoms with Crippen molar-refractivity contribution in [3.63, 3.8) is 0 Å². The second kappa shape index (κ2) is 5.96. The third kappa shape index (κ3) is 3.07. The van der Waals surface area contributed by atoms with E-state index >= 15 is 0 Å². The van der Waals surface area contributed by atoms with E-state index in [1.807, 2.05) is 13.0 Å². The molecule has 1 unspecified atom stereocenters. The van der Waals surface area contributed by atoms with E-state index in [0.717, 1.165) is 30.4 Å². The fourth-order valence-corrected chi connectivity index (χ4v) is 2.10. The molecule has 0 fully saturated rings. The van der Waals surface area contributed by atoms with Crippen molar-refractivity contribution < 1.29 is 13.5 Å². The van der Waals surface area contributed by atoms with Crippen LogP contribution in [0.3, 0.4) is 0 Å². The molecule has 1 atom stereocenters. The highest BCUT2D eigenvalue weighted by molar-refractivity contribution is 5.21. The van der Waals surface area contributed by atoms with Crippen LogP contribution in [0.2, 0.25) is 0 Å². The van der Waals surface area contributed by atoms with Crippen LogP contribution in [0.1, 0.15) is 18.9 Å². The molecule has 1 heterocycles. The molecule has 2 nitrogen and oxygen atoms in total. The fraction of sp³-hybridized carbons (Fsp3) is 0.429. The smallest absolute Gasteiger partial charge is 0.159 e. The highest BCUT2D eigenvalue weighted by Gasteiger charge is 2.18. The Bertz CT molecular complexity index is 445. The maximum atomic E-state index is 13.2. The lowest BCUT2D eigenvalue weighted by molar-refractivity contribution is 0.215. The minimum Gasteiger partial charge on any atom is -0.496 e. The van der Waals surface area contributed by atoms with E-state index in [2.05, 4.69) is 5.32 Å². The van der Waals surface area contributed by atoms with Crippen LogP contribution in [-0.4, -0.2) is 19.2 Å². The summed E-state index contributed by atoms with van der Waals surface area (Å²) in [6.07, 6.45) is 3.55. The number of ether oxygens (including phenoxy) is 1. The Balaban J connectivity index is 2.10. The maximum Gasteiger partial charge on any atom is 0.159 e. The van der Waals surface area contributed by atoms with Crippen molar-refractivity contribution in [3.8, 4) is 0 Å². The minimum atomic E-state index is -0.810. The van der Waals surface area contributed by atoms with E-state index in [9.17, 15) is 8.78 Å². The predicted molar refractivity (Wildman–Crippen MR) is 66.2 cm³/mol. The molecule has 0 aromatic heterocycles. The largest absolute Gasteiger partial charge is 0.496 e. The van der Waals surface area contributed by atoms with Gasteiger partial charge in [-0.1, -0.05) is 13.0 Å². The number of halogens is 2. The van der Waals surface area contributed by atoms with Crippen molar-refractivity contribution in [1.29, 1.82) is 0 Å². The first-order valence-electron chi connectivity index (χ1n) is 6.21. The van der Waals surface area contributed by atoms with Gasteiger partial charge >= 0.3 is 0 Å². The SMILES string of the molecule is CCNC(Cc1ccc(F)c(F)c1)C1=CCCO1. The van der Waals surface area contributed by atoms with Gasteiger partial charge in [-0.2, -0.15) is 0 Å². The third-order valence-electron chi connectivity index (χ3n) is 2.95. The first-order chi connectivity index (χ1) is 8.70. The van der Waals surface area contributed by atoms with Gasteiger partial charge in [-0.05, 0) is 36.7 Å². The van der Waals surface area contributed by atoms with E-state index in [1.165, 1.54) is 6.07 Å². The second-order valence-corrected chi connectivity index (χ2v) is 4.31. The quantitative estimate of drug-likeness (QED) is 0.871. The summed E-state index contributed by atoms with van der Waals surface area (Å²) in [6.45, 7) is 3.51. The molecule has 1 aliphatic rings. The molecule has 0 bridgehead atoms. The summed E-state index contributed by atoms with van der Waals surface area (Å²) in [5.41, 5.74) is 0.760. The standard InChI is InChI=1S/C14H17F2NO/c1-2-17-13(14-4-3-7-18-14)9-10-5-6-11(15)12(16)8-10/h4-6,8,13,17H,2-3,7,9H2,1H3. The first-order valence-corrected chi connectivity index (χ1v) is 6.21. The van der Waals surface area contributed by atoms with Crippen LogP contribution in [0.25, 0.3) is 0 Å². The molecule has 98 valence electrons. The van der Waals surface area contributed by atoms with Crippen LogP contribution < -0.4 is 5.32 Å². The number of likely N-dealkylation sites (N-methyl/N-ethyl adjacent to an activating group) is 1. The molecule has 18 heavy (non-hydrogen) atoms. The van der Waals surface area contributed by atoms with E-state index < -0.39 is 11.6 Å². The average Bonchev–Trinajstić information content (AvgIpc) is 2.87. The van der Waals surface area contributed by atoms with Crippen LogP contribution in [-0.2, 0) is 11.2 Å². The van der Waals surface area contributed by atoms with Crippen molar-refractivity contribution in [1.82, 2.24) is 5.32 Å². The number of hydrogen-bond acceptors (Lipinski definition) is 2. The van der Waals surface area contributed by atoms with Gasteiger partial charge in [0.2, 0.25) is 0 Å². The highest BCUT2D eigenvalue weighted by atomic mass is 19.2. The maximum absolute atomic E-state index is 13.2. The molecule has 2 rings (SSSR count). The summed E-state index contributed by atoms with van der Waals surface area (Å²) < 4.78 is 31.5. The summed E-state index contributed by atoms with van der Waals surface area (Å²) in [6, 6.07) is 4.05. The van der Waals surface area contributed by atoms with Crippen molar-refractivity contribution >= 4 is 0 Å². The monoisotopic (exact) mass is 253 g/mol. The van der Waals surface area contributed by atoms with Gasteiger partial charge in [-0.15, -0.1) is 0 Å². The molecule has 1 aliphatic heterocycles. The van der Waals surface area contributed by atoms with E-state index in [0.29, 0.717) is 13.0 Å². The van der Waals surface area contributed by atoms with Crippen LogP contribution in [0, 0.1) is 11.6 Å². The van der Waals surface area contributed by atoms with E-state index in [-0.39, 0.29) is 6.04 Å². The van der Waals surface area contributed by atoms with E-state index in [1.54, 1.807) is 6.07 Å². The Hall–Kier alpha value is -1.42. The highest BCUT2D eigenvalue weighted by Crippen LogP contribution is 2.18. The van der Waals surface area contributed by atoms with Crippen molar-refractivity contribution in [2.24, 2.45) is 0 Å². The zero-order valence-corrected chi connectivity index (χ0v) is 10.4. The Labute approximate surface area is 106 Å². The lowest BCUT2D eigenvalue weighted by Crippen LogP contribution is -2.33. The Morgan fingerprint density at radius 1 is 1.33 bits per heavy atom. The van der Waals surface area contributed by atoms with E-state index in [4.69, 9.17) is 4.74 Å². The Morgan fingerprint density at radius 3 is 2.78 bits per heavy atom. The van der Waals surface area contributed by atoms with Gasteiger partial charge in [-0.25, -0.2) is 8.78 Å². The molecule has 0 amide bonds. The summed E-state index contributed by atoms with van der Waals surface area (Å²) in [4.78, 5) is 0. The predicted octanol–water partition coefficient (Wildman–Crippen LogP) is 2.79. The number of rotatable bonds is 5. The minimum absolute atomic E-state index is 0.0300. The molecule has 0 spiro atoms. The summed E-state index contributed by atoms with van der Waals surface area (Å²) >= 11 is 0. The molecule has 1 aromatic carbocycles. The summed E-state index contributed by atoms with van der Waals surface area (Å²) in [5.74, 6) is -0.708. The van der Waals surface area contributed by atoms with Gasteiger partial charge in [0.1, 0.15) is 5.76 Å². The number of hydrogen-bond donors (Lipinski definition) is 1. The lowest BCUT2D eigenvalue weighted by Gasteiger charge is -2.19. The average molecular weight is 253 g/mol. The Kier molecular flexibility index (Phi) is 4.31. The molecular formula is C14H17F2NO. The zero-order chi connectivity index (χ0) is 13.0. The molecule has 0 radical (unpaired) electrons. The topological polar surface area (TPSA) is 21.3 Å². The molecule has 0 saturated heterocycles. The van der Waals surface area contributed by atoms with Crippen LogP contribution >= 0.6 is 0 Å².